The predicted molar refractivity (Wildman–Crippen MR) is 240 cm³/mol. The Morgan fingerprint density at radius 1 is 0.804 bits per heavy atom. The summed E-state index contributed by atoms with van der Waals surface area (Å²) >= 11 is 1.66. The summed E-state index contributed by atoms with van der Waals surface area (Å²) in [7, 11) is -1.34. The van der Waals surface area contributed by atoms with Crippen molar-refractivity contribution in [3.8, 4) is 39.5 Å². The van der Waals surface area contributed by atoms with Crippen LogP contribution in [0.4, 0.5) is 0 Å². The molecule has 0 aliphatic carbocycles. The normalized spacial score (nSPS) is 11.8. The van der Waals surface area contributed by atoms with E-state index in [0.717, 1.165) is 45.8 Å². The number of fused-ring (bicyclic) bond motifs is 2. The van der Waals surface area contributed by atoms with Gasteiger partial charge in [-0.2, -0.15) is 0 Å². The van der Waals surface area contributed by atoms with Gasteiger partial charge in [0.2, 0.25) is 0 Å². The third kappa shape index (κ3) is 9.06. The first-order valence-electron chi connectivity index (χ1n) is 19.3. The van der Waals surface area contributed by atoms with E-state index in [4.69, 9.17) is 4.98 Å². The van der Waals surface area contributed by atoms with Gasteiger partial charge in [0.1, 0.15) is 0 Å². The topological polar surface area (TPSA) is 30.7 Å². The summed E-state index contributed by atoms with van der Waals surface area (Å²) in [6.45, 7) is 20.6. The van der Waals surface area contributed by atoms with E-state index >= 15 is 0 Å². The molecule has 3 nitrogen and oxygen atoms in total. The van der Waals surface area contributed by atoms with Gasteiger partial charge in [-0.25, -0.2) is 0 Å². The number of hydrogen-bond donors (Lipinski definition) is 0. The molecule has 5 aromatic carbocycles. The quantitative estimate of drug-likeness (QED) is 0.118. The molecular weight excluding hydrogens is 895 g/mol. The van der Waals surface area contributed by atoms with Crippen molar-refractivity contribution in [3.05, 3.63) is 156 Å². The molecule has 1 radical (unpaired) electrons. The molecule has 287 valence electrons. The fourth-order valence-electron chi connectivity index (χ4n) is 7.15. The van der Waals surface area contributed by atoms with Gasteiger partial charge in [-0.3, -0.25) is 16.3 Å². The average molecular weight is 946 g/mol. The van der Waals surface area contributed by atoms with Gasteiger partial charge in [0, 0.05) is 32.0 Å². The minimum atomic E-state index is -1.34. The standard InChI is InChI=1S/C32H27N2S.C18H24NSi.Ir/c1-21-9-18-26-27(20-35-30(26)19-21)31-33-28-7-5-6-8-29(28)34(31)25-16-12-23(13-17-25)22-10-14-24(15-11-22)32(2,3)4;1-14(2)11-16-12-17(15-9-7-6-8-10-15)19-13-18(16)20(3,4)5;/h5-19H,1-4H3;6-9,12-14H,11H2,1-5H3;/q2*-1;. The number of thiophene rings is 1. The number of para-hydroxylation sites is 2. The second-order valence-electron chi connectivity index (χ2n) is 17.1. The molecule has 0 unspecified atom stereocenters. The molecule has 0 spiro atoms. The molecule has 8 aromatic rings. The number of imidazole rings is 1. The minimum Gasteiger partial charge on any atom is -0.333 e. The first kappa shape index (κ1) is 41.2. The minimum absolute atomic E-state index is 0. The summed E-state index contributed by atoms with van der Waals surface area (Å²) in [5, 5.41) is 6.23. The van der Waals surface area contributed by atoms with E-state index in [2.05, 4.69) is 185 Å². The molecule has 8 rings (SSSR count). The van der Waals surface area contributed by atoms with Crippen LogP contribution in [0, 0.1) is 24.3 Å². The maximum Gasteiger partial charge on any atom is 0.0798 e. The smallest absolute Gasteiger partial charge is 0.0798 e. The molecule has 0 aliphatic rings. The van der Waals surface area contributed by atoms with Crippen molar-refractivity contribution in [1.82, 2.24) is 14.5 Å². The SMILES string of the molecule is CC(C)Cc1cc(-c2[c-]cccc2)ncc1[Si](C)(C)C.Cc1ccc2c(-c3nc4ccccc4n3-c3ccc(-c4ccc(C(C)(C)C)cc4)cc3)[c-]sc2c1.[Ir]. The second kappa shape index (κ2) is 17.0. The number of rotatable bonds is 7. The molecule has 0 atom stereocenters. The maximum absolute atomic E-state index is 5.06. The molecule has 0 saturated heterocycles. The zero-order valence-electron chi connectivity index (χ0n) is 34.0. The Morgan fingerprint density at radius 2 is 1.48 bits per heavy atom. The molecule has 3 heterocycles. The van der Waals surface area contributed by atoms with Crippen LogP contribution in [0.2, 0.25) is 19.6 Å². The van der Waals surface area contributed by atoms with E-state index < -0.39 is 8.07 Å². The Balaban J connectivity index is 0.000000217. The summed E-state index contributed by atoms with van der Waals surface area (Å²) in [6, 6.07) is 46.3. The zero-order chi connectivity index (χ0) is 38.9. The molecule has 0 bridgehead atoms. The first-order chi connectivity index (χ1) is 26.3. The Morgan fingerprint density at radius 3 is 2.12 bits per heavy atom. The second-order valence-corrected chi connectivity index (χ2v) is 23.0. The summed E-state index contributed by atoms with van der Waals surface area (Å²) in [6.07, 6.45) is 3.24. The zero-order valence-corrected chi connectivity index (χ0v) is 38.2. The van der Waals surface area contributed by atoms with Crippen LogP contribution >= 0.6 is 11.3 Å². The van der Waals surface area contributed by atoms with Crippen LogP contribution < -0.4 is 5.19 Å². The van der Waals surface area contributed by atoms with Crippen LogP contribution in [-0.2, 0) is 31.9 Å². The summed E-state index contributed by atoms with van der Waals surface area (Å²) in [5.74, 6) is 1.60. The third-order valence-corrected chi connectivity index (χ3v) is 13.0. The van der Waals surface area contributed by atoms with Crippen molar-refractivity contribution in [1.29, 1.82) is 0 Å². The van der Waals surface area contributed by atoms with Gasteiger partial charge < -0.3 is 9.55 Å². The van der Waals surface area contributed by atoms with Crippen LogP contribution in [0.1, 0.15) is 51.3 Å². The van der Waals surface area contributed by atoms with Crippen LogP contribution in [0.3, 0.4) is 0 Å². The van der Waals surface area contributed by atoms with Gasteiger partial charge in [-0.15, -0.1) is 47.3 Å². The molecule has 0 saturated carbocycles. The molecule has 6 heteroatoms. The largest absolute Gasteiger partial charge is 0.333 e. The van der Waals surface area contributed by atoms with Crippen LogP contribution in [-0.4, -0.2) is 22.6 Å². The van der Waals surface area contributed by atoms with Crippen LogP contribution in [0.15, 0.2) is 128 Å². The van der Waals surface area contributed by atoms with Gasteiger partial charge in [-0.1, -0.05) is 148 Å². The number of aryl methyl sites for hydroxylation is 1. The Bertz CT molecular complexity index is 2550. The molecule has 3 aromatic heterocycles. The monoisotopic (exact) mass is 946 g/mol. The summed E-state index contributed by atoms with van der Waals surface area (Å²) < 4.78 is 3.51. The number of pyridine rings is 1. The van der Waals surface area contributed by atoms with Gasteiger partial charge >= 0.3 is 0 Å². The predicted octanol–water partition coefficient (Wildman–Crippen LogP) is 13.3. The van der Waals surface area contributed by atoms with E-state index in [0.29, 0.717) is 5.92 Å². The van der Waals surface area contributed by atoms with Crippen molar-refractivity contribution in [3.63, 3.8) is 0 Å². The van der Waals surface area contributed by atoms with Gasteiger partial charge in [-0.05, 0) is 76.5 Å². The van der Waals surface area contributed by atoms with Gasteiger partial charge in [0.25, 0.3) is 0 Å². The van der Waals surface area contributed by atoms with Crippen molar-refractivity contribution < 1.29 is 20.1 Å². The van der Waals surface area contributed by atoms with Gasteiger partial charge in [0.05, 0.1) is 24.9 Å². The van der Waals surface area contributed by atoms with Crippen molar-refractivity contribution in [2.45, 2.75) is 73.0 Å². The number of nitrogens with zero attached hydrogens (tertiary/aromatic N) is 3. The third-order valence-electron chi connectivity index (χ3n) is 10.1. The Hall–Kier alpha value is -4.45. The number of benzene rings is 5. The average Bonchev–Trinajstić information content (AvgIpc) is 3.76. The number of aromatic nitrogens is 3. The van der Waals surface area contributed by atoms with Crippen LogP contribution in [0.5, 0.6) is 0 Å². The van der Waals surface area contributed by atoms with E-state index in [1.54, 1.807) is 11.3 Å². The maximum atomic E-state index is 5.06. The first-order valence-corrected chi connectivity index (χ1v) is 23.6. The van der Waals surface area contributed by atoms with Crippen LogP contribution in [0.25, 0.3) is 60.6 Å². The molecule has 0 amide bonds. The van der Waals surface area contributed by atoms with Crippen molar-refractivity contribution in [2.24, 2.45) is 5.92 Å². The van der Waals surface area contributed by atoms with E-state index in [-0.39, 0.29) is 25.5 Å². The van der Waals surface area contributed by atoms with E-state index in [1.807, 2.05) is 24.3 Å². The van der Waals surface area contributed by atoms with Gasteiger partial charge in [0.15, 0.2) is 0 Å². The number of hydrogen-bond acceptors (Lipinski definition) is 3. The van der Waals surface area contributed by atoms with Crippen molar-refractivity contribution in [2.75, 3.05) is 0 Å². The van der Waals surface area contributed by atoms with Crippen molar-refractivity contribution >= 4 is 45.7 Å². The molecule has 0 N–H and O–H groups in total. The van der Waals surface area contributed by atoms with E-state index in [9.17, 15) is 0 Å². The molecule has 56 heavy (non-hydrogen) atoms. The summed E-state index contributed by atoms with van der Waals surface area (Å²) in [4.78, 5) is 9.74. The van der Waals surface area contributed by atoms with E-state index in [1.165, 1.54) is 43.1 Å². The molecule has 0 fully saturated rings. The summed E-state index contributed by atoms with van der Waals surface area (Å²) in [5.41, 5.74) is 13.1. The fraction of sp³-hybridized carbons (Fsp3) is 0.240. The Labute approximate surface area is 352 Å². The molecular formula is C50H51IrN3SSi-2. The molecule has 0 aliphatic heterocycles. The Kier molecular flexibility index (Phi) is 12.5. The fourth-order valence-corrected chi connectivity index (χ4v) is 9.68.